The summed E-state index contributed by atoms with van der Waals surface area (Å²) in [5, 5.41) is 4.92. The number of ether oxygens (including phenoxy) is 1. The van der Waals surface area contributed by atoms with E-state index in [9.17, 15) is 4.79 Å². The number of hydrogen-bond acceptors (Lipinski definition) is 5. The minimum absolute atomic E-state index is 0.141. The zero-order valence-corrected chi connectivity index (χ0v) is 15.4. The fourth-order valence-electron chi connectivity index (χ4n) is 4.02. The highest BCUT2D eigenvalue weighted by Crippen LogP contribution is 2.42. The number of aromatic nitrogens is 3. The molecule has 7 nitrogen and oxygen atoms in total. The van der Waals surface area contributed by atoms with Gasteiger partial charge in [-0.3, -0.25) is 0 Å². The molecule has 0 bridgehead atoms. The summed E-state index contributed by atoms with van der Waals surface area (Å²) in [6.45, 7) is 1.65. The molecule has 0 saturated carbocycles. The van der Waals surface area contributed by atoms with Gasteiger partial charge in [0.05, 0.1) is 0 Å². The van der Waals surface area contributed by atoms with Crippen LogP contribution in [0, 0.1) is 0 Å². The molecule has 140 valence electrons. The summed E-state index contributed by atoms with van der Waals surface area (Å²) in [5.41, 5.74) is 0.728. The summed E-state index contributed by atoms with van der Waals surface area (Å²) in [6.07, 6.45) is 6.92. The fraction of sp³-hybridized carbons (Fsp3) is 0.368. The van der Waals surface area contributed by atoms with Gasteiger partial charge in [-0.2, -0.15) is 0 Å². The summed E-state index contributed by atoms with van der Waals surface area (Å²) < 4.78 is 13.1. The summed E-state index contributed by atoms with van der Waals surface area (Å²) >= 11 is 6.30. The minimum atomic E-state index is -0.247. The Morgan fingerprint density at radius 2 is 2.07 bits per heavy atom. The van der Waals surface area contributed by atoms with Crippen LogP contribution in [0.4, 0.5) is 5.82 Å². The quantitative estimate of drug-likeness (QED) is 0.732. The third kappa shape index (κ3) is 2.82. The third-order valence-electron chi connectivity index (χ3n) is 5.60. The average Bonchev–Trinajstić information content (AvgIpc) is 3.31. The van der Waals surface area contributed by atoms with E-state index in [4.69, 9.17) is 20.9 Å². The first-order chi connectivity index (χ1) is 13.1. The molecule has 8 heteroatoms. The number of imidazole rings is 1. The molecule has 1 N–H and O–H groups in total. The number of halogens is 1. The number of fused-ring (bicyclic) bond motifs is 1. The van der Waals surface area contributed by atoms with Crippen molar-refractivity contribution in [1.82, 2.24) is 14.7 Å². The van der Waals surface area contributed by atoms with Gasteiger partial charge in [-0.1, -0.05) is 22.8 Å². The fourth-order valence-corrected chi connectivity index (χ4v) is 4.28. The lowest BCUT2D eigenvalue weighted by atomic mass is 9.83. The van der Waals surface area contributed by atoms with E-state index in [2.05, 4.69) is 15.0 Å². The van der Waals surface area contributed by atoms with E-state index in [-0.39, 0.29) is 11.3 Å². The van der Waals surface area contributed by atoms with Crippen molar-refractivity contribution in [2.45, 2.75) is 31.3 Å². The molecule has 0 atom stereocenters. The summed E-state index contributed by atoms with van der Waals surface area (Å²) in [4.78, 5) is 16.5. The standard InChI is InChI=1S/C19H19ClN4O3/c20-14-2-1-3-15-13(14)4-5-19(26-15)6-9-23(10-7-19)16-12-17(27-22-16)24-11-8-21-18(24)25/h1-3,8,11-12H,4-7,9-10H2,(H,21,25). The van der Waals surface area contributed by atoms with Crippen LogP contribution in [0.1, 0.15) is 24.8 Å². The van der Waals surface area contributed by atoms with Gasteiger partial charge in [0.1, 0.15) is 11.4 Å². The number of nitrogens with zero attached hydrogens (tertiary/aromatic N) is 3. The Bertz CT molecular complexity index is 1030. The topological polar surface area (TPSA) is 76.3 Å². The summed E-state index contributed by atoms with van der Waals surface area (Å²) in [5.74, 6) is 2.07. The Kier molecular flexibility index (Phi) is 3.79. The maximum absolute atomic E-state index is 11.7. The van der Waals surface area contributed by atoms with Gasteiger partial charge in [-0.05, 0) is 25.0 Å². The van der Waals surface area contributed by atoms with Crippen molar-refractivity contribution in [2.75, 3.05) is 18.0 Å². The van der Waals surface area contributed by atoms with Crippen molar-refractivity contribution in [3.8, 4) is 11.6 Å². The van der Waals surface area contributed by atoms with Crippen molar-refractivity contribution in [3.05, 3.63) is 57.7 Å². The molecule has 0 amide bonds. The SMILES string of the molecule is O=c1[nH]ccn1-c1cc(N2CCC3(CCc4c(Cl)cccc4O3)CC2)no1. The molecule has 0 unspecified atom stereocenters. The second-order valence-electron chi connectivity index (χ2n) is 7.15. The molecule has 4 heterocycles. The number of H-pyrrole nitrogens is 1. The highest BCUT2D eigenvalue weighted by molar-refractivity contribution is 6.31. The van der Waals surface area contributed by atoms with Crippen molar-refractivity contribution >= 4 is 17.4 Å². The first-order valence-electron chi connectivity index (χ1n) is 9.08. The molecule has 1 fully saturated rings. The van der Waals surface area contributed by atoms with Crippen LogP contribution in [0.2, 0.25) is 5.02 Å². The molecule has 2 aromatic heterocycles. The van der Waals surface area contributed by atoms with E-state index in [1.54, 1.807) is 18.5 Å². The zero-order valence-electron chi connectivity index (χ0n) is 14.7. The largest absolute Gasteiger partial charge is 0.487 e. The predicted octanol–water partition coefficient (Wildman–Crippen LogP) is 3.17. The Morgan fingerprint density at radius 3 is 2.85 bits per heavy atom. The van der Waals surface area contributed by atoms with Gasteiger partial charge in [-0.25, -0.2) is 9.36 Å². The van der Waals surface area contributed by atoms with Crippen LogP contribution in [0.25, 0.3) is 5.88 Å². The number of piperidine rings is 1. The van der Waals surface area contributed by atoms with Crippen molar-refractivity contribution in [2.24, 2.45) is 0 Å². The van der Waals surface area contributed by atoms with Gasteiger partial charge in [0.2, 0.25) is 5.88 Å². The van der Waals surface area contributed by atoms with Crippen molar-refractivity contribution in [3.63, 3.8) is 0 Å². The Labute approximate surface area is 160 Å². The molecule has 5 rings (SSSR count). The first kappa shape index (κ1) is 16.5. The highest BCUT2D eigenvalue weighted by atomic mass is 35.5. The zero-order chi connectivity index (χ0) is 18.4. The molecule has 0 aliphatic carbocycles. The molecule has 0 radical (unpaired) electrons. The van der Waals surface area contributed by atoms with Crippen LogP contribution in [-0.4, -0.2) is 33.4 Å². The van der Waals surface area contributed by atoms with Gasteiger partial charge in [0, 0.05) is 55.0 Å². The maximum Gasteiger partial charge on any atom is 0.332 e. The number of aromatic amines is 1. The van der Waals surface area contributed by atoms with E-state index in [0.717, 1.165) is 60.9 Å². The minimum Gasteiger partial charge on any atom is -0.487 e. The van der Waals surface area contributed by atoms with Crippen LogP contribution in [0.3, 0.4) is 0 Å². The van der Waals surface area contributed by atoms with E-state index in [1.807, 2.05) is 18.2 Å². The van der Waals surface area contributed by atoms with E-state index >= 15 is 0 Å². The van der Waals surface area contributed by atoms with E-state index < -0.39 is 0 Å². The molecule has 1 spiro atoms. The van der Waals surface area contributed by atoms with Gasteiger partial charge in [0.25, 0.3) is 0 Å². The smallest absolute Gasteiger partial charge is 0.332 e. The van der Waals surface area contributed by atoms with Gasteiger partial charge in [-0.15, -0.1) is 0 Å². The Morgan fingerprint density at radius 1 is 1.22 bits per heavy atom. The van der Waals surface area contributed by atoms with Crippen molar-refractivity contribution in [1.29, 1.82) is 0 Å². The molecule has 1 aromatic carbocycles. The average molecular weight is 387 g/mol. The molecule has 3 aromatic rings. The predicted molar refractivity (Wildman–Crippen MR) is 101 cm³/mol. The third-order valence-corrected chi connectivity index (χ3v) is 5.96. The Balaban J connectivity index is 1.30. The molecule has 27 heavy (non-hydrogen) atoms. The van der Waals surface area contributed by atoms with Gasteiger partial charge in [0.15, 0.2) is 5.82 Å². The lowest BCUT2D eigenvalue weighted by molar-refractivity contribution is 0.0224. The number of benzene rings is 1. The van der Waals surface area contributed by atoms with Crippen LogP contribution in [-0.2, 0) is 6.42 Å². The summed E-state index contributed by atoms with van der Waals surface area (Å²) in [6, 6.07) is 7.66. The monoisotopic (exact) mass is 386 g/mol. The van der Waals surface area contributed by atoms with Crippen LogP contribution >= 0.6 is 11.6 Å². The molecule has 1 saturated heterocycles. The number of hydrogen-bond donors (Lipinski definition) is 1. The highest BCUT2D eigenvalue weighted by Gasteiger charge is 2.40. The maximum atomic E-state index is 11.7. The van der Waals surface area contributed by atoms with E-state index in [0.29, 0.717) is 5.88 Å². The van der Waals surface area contributed by atoms with Gasteiger partial charge >= 0.3 is 5.69 Å². The molecule has 2 aliphatic rings. The Hall–Kier alpha value is -2.67. The number of rotatable bonds is 2. The van der Waals surface area contributed by atoms with Gasteiger partial charge < -0.3 is 19.1 Å². The van der Waals surface area contributed by atoms with E-state index in [1.165, 1.54) is 4.57 Å². The number of nitrogens with one attached hydrogen (secondary N) is 1. The summed E-state index contributed by atoms with van der Waals surface area (Å²) in [7, 11) is 0. The van der Waals surface area contributed by atoms with Crippen LogP contribution < -0.4 is 15.3 Å². The lowest BCUT2D eigenvalue weighted by Gasteiger charge is -2.44. The second kappa shape index (κ2) is 6.20. The first-order valence-corrected chi connectivity index (χ1v) is 9.46. The normalized spacial score (nSPS) is 18.3. The number of anilines is 1. The second-order valence-corrected chi connectivity index (χ2v) is 7.55. The molecular weight excluding hydrogens is 368 g/mol. The van der Waals surface area contributed by atoms with Crippen molar-refractivity contribution < 1.29 is 9.26 Å². The molecular formula is C19H19ClN4O3. The van der Waals surface area contributed by atoms with Crippen LogP contribution in [0.5, 0.6) is 5.75 Å². The van der Waals surface area contributed by atoms with Crippen LogP contribution in [0.15, 0.2) is 46.0 Å². The lowest BCUT2D eigenvalue weighted by Crippen LogP contribution is -2.50. The molecule has 2 aliphatic heterocycles.